The third-order valence-corrected chi connectivity index (χ3v) is 8.91. The Bertz CT molecular complexity index is 1540. The average molecular weight is 569 g/mol. The molecular formula is C24H24N8O3S3. The summed E-state index contributed by atoms with van der Waals surface area (Å²) in [5.41, 5.74) is 7.72. The predicted molar refractivity (Wildman–Crippen MR) is 144 cm³/mol. The number of ketones is 1. The van der Waals surface area contributed by atoms with Gasteiger partial charge in [-0.3, -0.25) is 19.8 Å². The highest BCUT2D eigenvalue weighted by molar-refractivity contribution is 8.01. The highest BCUT2D eigenvalue weighted by Crippen LogP contribution is 2.50. The van der Waals surface area contributed by atoms with E-state index in [2.05, 4.69) is 31.8 Å². The maximum absolute atomic E-state index is 13.5. The van der Waals surface area contributed by atoms with E-state index in [4.69, 9.17) is 10.2 Å². The minimum Gasteiger partial charge on any atom is -0.465 e. The number of aryl methyl sites for hydroxylation is 2. The smallest absolute Gasteiger partial charge is 0.236 e. The summed E-state index contributed by atoms with van der Waals surface area (Å²) in [6.07, 6.45) is 0.893. The van der Waals surface area contributed by atoms with E-state index in [1.807, 2.05) is 27.7 Å². The Morgan fingerprint density at radius 2 is 2.05 bits per heavy atom. The highest BCUT2D eigenvalue weighted by Gasteiger charge is 2.46. The Morgan fingerprint density at radius 1 is 1.26 bits per heavy atom. The van der Waals surface area contributed by atoms with Gasteiger partial charge in [0.1, 0.15) is 22.3 Å². The average Bonchev–Trinajstić information content (AvgIpc) is 3.58. The third-order valence-electron chi connectivity index (χ3n) is 6.11. The van der Waals surface area contributed by atoms with E-state index in [0.717, 1.165) is 5.01 Å². The number of amides is 1. The lowest BCUT2D eigenvalue weighted by molar-refractivity contribution is -0.118. The molecule has 196 valence electrons. The van der Waals surface area contributed by atoms with Gasteiger partial charge in [-0.25, -0.2) is 0 Å². The molecule has 0 saturated carbocycles. The number of allylic oxidation sites excluding steroid dienone is 3. The van der Waals surface area contributed by atoms with Crippen LogP contribution in [0.25, 0.3) is 0 Å². The van der Waals surface area contributed by atoms with Crippen molar-refractivity contribution in [3.63, 3.8) is 0 Å². The van der Waals surface area contributed by atoms with Crippen LogP contribution in [0.2, 0.25) is 0 Å². The summed E-state index contributed by atoms with van der Waals surface area (Å²) in [5.74, 6) is 0.497. The lowest BCUT2D eigenvalue weighted by atomic mass is 9.69. The van der Waals surface area contributed by atoms with Crippen molar-refractivity contribution >= 4 is 56.4 Å². The van der Waals surface area contributed by atoms with Gasteiger partial charge in [-0.05, 0) is 37.8 Å². The number of nitriles is 1. The van der Waals surface area contributed by atoms with Gasteiger partial charge in [0.05, 0.1) is 23.3 Å². The second-order valence-electron chi connectivity index (χ2n) is 9.74. The summed E-state index contributed by atoms with van der Waals surface area (Å²) in [7, 11) is 0. The summed E-state index contributed by atoms with van der Waals surface area (Å²) < 4.78 is 6.42. The number of carbonyl (C=O) groups is 2. The first-order chi connectivity index (χ1) is 18.1. The van der Waals surface area contributed by atoms with Gasteiger partial charge in [0.2, 0.25) is 16.2 Å². The quantitative estimate of drug-likeness (QED) is 0.408. The van der Waals surface area contributed by atoms with Crippen LogP contribution in [0.3, 0.4) is 0 Å². The Hall–Kier alpha value is -3.54. The van der Waals surface area contributed by atoms with Gasteiger partial charge in [0.25, 0.3) is 0 Å². The molecule has 1 aliphatic carbocycles. The Balaban J connectivity index is 1.47. The van der Waals surface area contributed by atoms with Crippen molar-refractivity contribution in [3.8, 4) is 6.07 Å². The number of nitrogens with zero attached hydrogens (tertiary/aromatic N) is 6. The fourth-order valence-corrected chi connectivity index (χ4v) is 6.89. The zero-order valence-corrected chi connectivity index (χ0v) is 23.5. The molecule has 0 saturated heterocycles. The predicted octanol–water partition coefficient (Wildman–Crippen LogP) is 4.27. The van der Waals surface area contributed by atoms with E-state index in [1.54, 1.807) is 17.0 Å². The van der Waals surface area contributed by atoms with Crippen molar-refractivity contribution in [3.05, 3.63) is 51.3 Å². The topological polar surface area (TPSA) is 164 Å². The van der Waals surface area contributed by atoms with E-state index >= 15 is 0 Å². The Kier molecular flexibility index (Phi) is 6.84. The summed E-state index contributed by atoms with van der Waals surface area (Å²) >= 11 is 3.75. The van der Waals surface area contributed by atoms with Gasteiger partial charge in [-0.15, -0.1) is 20.4 Å². The van der Waals surface area contributed by atoms with Crippen LogP contribution < -0.4 is 16.0 Å². The molecule has 0 fully saturated rings. The minimum atomic E-state index is -0.682. The Labute approximate surface area is 230 Å². The standard InChI is InChI=1S/C24H24N8O3S3/c1-11-5-6-16(35-11)18-13(9-25)20(26)32(14-7-24(3,4)8-15(33)19(14)18)22-30-31-23(38-22)36-10-17(34)27-21-29-28-12(2)37-21/h5-6,18H,7-8,10,26H2,1-4H3,(H,27,29,34). The lowest BCUT2D eigenvalue weighted by Crippen LogP contribution is -2.42. The van der Waals surface area contributed by atoms with Crippen LogP contribution in [-0.4, -0.2) is 37.8 Å². The van der Waals surface area contributed by atoms with Crippen LogP contribution in [-0.2, 0) is 9.59 Å². The molecule has 0 spiro atoms. The van der Waals surface area contributed by atoms with Crippen LogP contribution in [0.1, 0.15) is 49.1 Å². The summed E-state index contributed by atoms with van der Waals surface area (Å²) in [5, 5.41) is 30.8. The number of nitrogens with two attached hydrogens (primary N) is 1. The molecule has 38 heavy (non-hydrogen) atoms. The van der Waals surface area contributed by atoms with Gasteiger partial charge >= 0.3 is 0 Å². The minimum absolute atomic E-state index is 0.0525. The van der Waals surface area contributed by atoms with Gasteiger partial charge < -0.3 is 10.2 Å². The van der Waals surface area contributed by atoms with Crippen molar-refractivity contribution in [2.45, 2.75) is 50.8 Å². The number of carbonyl (C=O) groups excluding carboxylic acids is 2. The number of thioether (sulfide) groups is 1. The molecule has 3 aromatic heterocycles. The van der Waals surface area contributed by atoms with Gasteiger partial charge in [0.15, 0.2) is 10.1 Å². The maximum atomic E-state index is 13.5. The van der Waals surface area contributed by atoms with Gasteiger partial charge in [0, 0.05) is 17.7 Å². The first kappa shape index (κ1) is 26.1. The molecule has 1 unspecified atom stereocenters. The number of hydrogen-bond acceptors (Lipinski definition) is 13. The summed E-state index contributed by atoms with van der Waals surface area (Å²) in [6, 6.07) is 5.80. The zero-order valence-electron chi connectivity index (χ0n) is 21.1. The first-order valence-electron chi connectivity index (χ1n) is 11.6. The van der Waals surface area contributed by atoms with E-state index in [0.29, 0.717) is 50.2 Å². The SMILES string of the molecule is Cc1ccc(C2C(C#N)=C(N)N(c3nnc(SCC(=O)Nc4nnc(C)s4)s3)C3=C2C(=O)CC(C)(C)C3)o1. The molecule has 1 atom stereocenters. The van der Waals surface area contributed by atoms with Crippen LogP contribution in [0.15, 0.2) is 43.6 Å². The fraction of sp³-hybridized carbons (Fsp3) is 0.375. The van der Waals surface area contributed by atoms with Gasteiger partial charge in [-0.1, -0.05) is 48.3 Å². The monoisotopic (exact) mass is 568 g/mol. The molecule has 1 aliphatic heterocycles. The number of rotatable bonds is 6. The van der Waals surface area contributed by atoms with E-state index in [1.165, 1.54) is 34.4 Å². The van der Waals surface area contributed by atoms with Crippen molar-refractivity contribution in [2.75, 3.05) is 16.0 Å². The number of hydrogen-bond donors (Lipinski definition) is 2. The molecule has 3 N–H and O–H groups in total. The second-order valence-corrected chi connectivity index (χ2v) is 13.1. The van der Waals surface area contributed by atoms with Crippen molar-refractivity contribution in [1.29, 1.82) is 5.26 Å². The molecule has 0 aromatic carbocycles. The van der Waals surface area contributed by atoms with Crippen LogP contribution in [0.5, 0.6) is 0 Å². The molecule has 0 bridgehead atoms. The Morgan fingerprint density at radius 3 is 2.71 bits per heavy atom. The van der Waals surface area contributed by atoms with Crippen molar-refractivity contribution < 1.29 is 14.0 Å². The third kappa shape index (κ3) is 4.96. The number of aromatic nitrogens is 4. The lowest BCUT2D eigenvalue weighted by Gasteiger charge is -2.42. The molecule has 11 nitrogen and oxygen atoms in total. The molecule has 1 amide bonds. The number of furan rings is 1. The normalized spacial score (nSPS) is 19.0. The number of nitrogens with one attached hydrogen (secondary N) is 1. The number of Topliss-reactive ketones (excluding diaryl/α,β-unsaturated/α-hetero) is 1. The summed E-state index contributed by atoms with van der Waals surface area (Å²) in [6.45, 7) is 7.67. The van der Waals surface area contributed by atoms with Crippen molar-refractivity contribution in [2.24, 2.45) is 11.1 Å². The zero-order chi connectivity index (χ0) is 27.2. The molecule has 4 heterocycles. The number of anilines is 2. The molecule has 0 radical (unpaired) electrons. The van der Waals surface area contributed by atoms with Gasteiger partial charge in [-0.2, -0.15) is 5.26 Å². The highest BCUT2D eigenvalue weighted by atomic mass is 32.2. The molecule has 5 rings (SSSR count). The molecule has 14 heteroatoms. The van der Waals surface area contributed by atoms with Crippen LogP contribution in [0, 0.1) is 30.6 Å². The molecule has 3 aromatic rings. The first-order valence-corrected chi connectivity index (χ1v) is 14.3. The molecular weight excluding hydrogens is 545 g/mol. The van der Waals surface area contributed by atoms with E-state index in [9.17, 15) is 14.9 Å². The second kappa shape index (κ2) is 9.97. The largest absolute Gasteiger partial charge is 0.465 e. The summed E-state index contributed by atoms with van der Waals surface area (Å²) in [4.78, 5) is 27.5. The van der Waals surface area contributed by atoms with E-state index < -0.39 is 5.92 Å². The van der Waals surface area contributed by atoms with E-state index in [-0.39, 0.29) is 34.3 Å². The van der Waals surface area contributed by atoms with Crippen LogP contribution >= 0.6 is 34.4 Å². The van der Waals surface area contributed by atoms with Crippen LogP contribution in [0.4, 0.5) is 10.3 Å². The van der Waals surface area contributed by atoms with Crippen molar-refractivity contribution in [1.82, 2.24) is 20.4 Å². The molecule has 2 aliphatic rings. The maximum Gasteiger partial charge on any atom is 0.236 e. The fourth-order valence-electron chi connectivity index (χ4n) is 4.60.